The van der Waals surface area contributed by atoms with E-state index in [-0.39, 0.29) is 30.7 Å². The molecule has 0 heterocycles. The fourth-order valence-electron chi connectivity index (χ4n) is 2.04. The predicted octanol–water partition coefficient (Wildman–Crippen LogP) is 3.23. The van der Waals surface area contributed by atoms with Gasteiger partial charge in [-0.2, -0.15) is 0 Å². The van der Waals surface area contributed by atoms with Gasteiger partial charge >= 0.3 is 0 Å². The van der Waals surface area contributed by atoms with Crippen LogP contribution in [0.25, 0.3) is 0 Å². The van der Waals surface area contributed by atoms with Crippen LogP contribution in [0.3, 0.4) is 0 Å². The molecule has 138 valence electrons. The van der Waals surface area contributed by atoms with Gasteiger partial charge in [-0.05, 0) is 43.9 Å². The third-order valence-electron chi connectivity index (χ3n) is 3.27. The van der Waals surface area contributed by atoms with Gasteiger partial charge in [-0.1, -0.05) is 18.2 Å². The lowest BCUT2D eigenvalue weighted by Crippen LogP contribution is -2.19. The van der Waals surface area contributed by atoms with Crippen LogP contribution in [0, 0.1) is 0 Å². The summed E-state index contributed by atoms with van der Waals surface area (Å²) in [6.45, 7) is 1.45. The highest BCUT2D eigenvalue weighted by Crippen LogP contribution is 2.17. The normalized spacial score (nSPS) is 9.72. The van der Waals surface area contributed by atoms with Gasteiger partial charge in [-0.25, -0.2) is 0 Å². The maximum absolute atomic E-state index is 12.1. The SMILES string of the molecule is CN(C)CCOc1cccc(NC(=O)Cc2ccc(N)cc2)c1.Cl.Cl. The van der Waals surface area contributed by atoms with Crippen LogP contribution in [0.4, 0.5) is 11.4 Å². The number of rotatable bonds is 7. The van der Waals surface area contributed by atoms with E-state index in [0.717, 1.165) is 23.5 Å². The number of nitrogens with one attached hydrogen (secondary N) is 1. The second-order valence-corrected chi connectivity index (χ2v) is 5.65. The van der Waals surface area contributed by atoms with E-state index in [1.807, 2.05) is 50.5 Å². The zero-order valence-corrected chi connectivity index (χ0v) is 16.0. The first-order valence-corrected chi connectivity index (χ1v) is 7.55. The van der Waals surface area contributed by atoms with Crippen molar-refractivity contribution in [1.29, 1.82) is 0 Å². The Labute approximate surface area is 161 Å². The molecule has 0 aliphatic rings. The largest absolute Gasteiger partial charge is 0.492 e. The number of likely N-dealkylation sites (N-methyl/N-ethyl adjacent to an activating group) is 1. The van der Waals surface area contributed by atoms with Crippen molar-refractivity contribution < 1.29 is 9.53 Å². The average molecular weight is 386 g/mol. The van der Waals surface area contributed by atoms with E-state index in [0.29, 0.717) is 18.7 Å². The van der Waals surface area contributed by atoms with E-state index >= 15 is 0 Å². The Hall–Kier alpha value is -1.95. The second kappa shape index (κ2) is 11.6. The summed E-state index contributed by atoms with van der Waals surface area (Å²) in [5.74, 6) is 0.678. The lowest BCUT2D eigenvalue weighted by molar-refractivity contribution is -0.115. The number of carbonyl (C=O) groups excluding carboxylic acids is 1. The number of ether oxygens (including phenoxy) is 1. The summed E-state index contributed by atoms with van der Waals surface area (Å²) in [6, 6.07) is 14.7. The monoisotopic (exact) mass is 385 g/mol. The van der Waals surface area contributed by atoms with Crippen molar-refractivity contribution in [3.05, 3.63) is 54.1 Å². The zero-order chi connectivity index (χ0) is 16.7. The van der Waals surface area contributed by atoms with Crippen LogP contribution >= 0.6 is 24.8 Å². The minimum atomic E-state index is -0.0692. The maximum atomic E-state index is 12.1. The third-order valence-corrected chi connectivity index (χ3v) is 3.27. The molecule has 0 radical (unpaired) electrons. The fraction of sp³-hybridized carbons (Fsp3) is 0.278. The highest BCUT2D eigenvalue weighted by Gasteiger charge is 2.05. The van der Waals surface area contributed by atoms with Crippen LogP contribution in [0.1, 0.15) is 5.56 Å². The molecule has 0 unspecified atom stereocenters. The van der Waals surface area contributed by atoms with E-state index in [4.69, 9.17) is 10.5 Å². The van der Waals surface area contributed by atoms with Crippen molar-refractivity contribution >= 4 is 42.1 Å². The Morgan fingerprint density at radius 2 is 1.80 bits per heavy atom. The molecule has 0 aliphatic heterocycles. The van der Waals surface area contributed by atoms with Crippen LogP contribution in [-0.2, 0) is 11.2 Å². The number of amides is 1. The number of hydrogen-bond donors (Lipinski definition) is 2. The number of benzene rings is 2. The number of halogens is 2. The number of anilines is 2. The minimum absolute atomic E-state index is 0. The minimum Gasteiger partial charge on any atom is -0.492 e. The summed E-state index contributed by atoms with van der Waals surface area (Å²) in [4.78, 5) is 14.1. The summed E-state index contributed by atoms with van der Waals surface area (Å²) >= 11 is 0. The molecule has 0 saturated heterocycles. The molecule has 25 heavy (non-hydrogen) atoms. The van der Waals surface area contributed by atoms with Gasteiger partial charge in [-0.15, -0.1) is 24.8 Å². The Kier molecular flexibility index (Phi) is 10.7. The van der Waals surface area contributed by atoms with Crippen LogP contribution in [0.2, 0.25) is 0 Å². The molecule has 2 rings (SSSR count). The molecular formula is C18H25Cl2N3O2. The average Bonchev–Trinajstić information content (AvgIpc) is 2.49. The molecule has 0 aromatic heterocycles. The second-order valence-electron chi connectivity index (χ2n) is 5.65. The van der Waals surface area contributed by atoms with Gasteiger partial charge in [-0.3, -0.25) is 4.79 Å². The number of nitrogen functional groups attached to an aromatic ring is 1. The van der Waals surface area contributed by atoms with Gasteiger partial charge in [0.05, 0.1) is 6.42 Å². The highest BCUT2D eigenvalue weighted by molar-refractivity contribution is 5.92. The molecule has 0 atom stereocenters. The Bertz CT molecular complexity index is 649. The van der Waals surface area contributed by atoms with E-state index in [2.05, 4.69) is 10.2 Å². The molecule has 0 saturated carbocycles. The van der Waals surface area contributed by atoms with E-state index in [1.165, 1.54) is 0 Å². The van der Waals surface area contributed by atoms with E-state index in [9.17, 15) is 4.79 Å². The molecule has 2 aromatic carbocycles. The van der Waals surface area contributed by atoms with Gasteiger partial charge in [0.25, 0.3) is 0 Å². The molecule has 5 nitrogen and oxygen atoms in total. The van der Waals surface area contributed by atoms with Crippen LogP contribution in [-0.4, -0.2) is 38.1 Å². The van der Waals surface area contributed by atoms with Crippen molar-refractivity contribution in [1.82, 2.24) is 4.90 Å². The van der Waals surface area contributed by atoms with E-state index in [1.54, 1.807) is 12.1 Å². The van der Waals surface area contributed by atoms with E-state index < -0.39 is 0 Å². The van der Waals surface area contributed by atoms with Gasteiger partial charge in [0.2, 0.25) is 5.91 Å². The molecule has 0 spiro atoms. The van der Waals surface area contributed by atoms with Crippen molar-refractivity contribution in [3.63, 3.8) is 0 Å². The van der Waals surface area contributed by atoms with Crippen molar-refractivity contribution in [2.24, 2.45) is 0 Å². The highest BCUT2D eigenvalue weighted by atomic mass is 35.5. The summed E-state index contributed by atoms with van der Waals surface area (Å²) in [5, 5.41) is 2.88. The van der Waals surface area contributed by atoms with Crippen molar-refractivity contribution in [2.75, 3.05) is 38.3 Å². The first-order valence-electron chi connectivity index (χ1n) is 7.55. The Morgan fingerprint density at radius 1 is 1.12 bits per heavy atom. The fourth-order valence-corrected chi connectivity index (χ4v) is 2.04. The molecule has 0 aliphatic carbocycles. The van der Waals surface area contributed by atoms with Gasteiger partial charge < -0.3 is 20.7 Å². The molecule has 1 amide bonds. The van der Waals surface area contributed by atoms with Gasteiger partial charge in [0.15, 0.2) is 0 Å². The predicted molar refractivity (Wildman–Crippen MR) is 108 cm³/mol. The molecule has 0 bridgehead atoms. The number of carbonyl (C=O) groups is 1. The van der Waals surface area contributed by atoms with Crippen LogP contribution in [0.5, 0.6) is 5.75 Å². The lowest BCUT2D eigenvalue weighted by atomic mass is 10.1. The summed E-state index contributed by atoms with van der Waals surface area (Å²) < 4.78 is 5.66. The Morgan fingerprint density at radius 3 is 2.44 bits per heavy atom. The summed E-state index contributed by atoms with van der Waals surface area (Å²) in [5.41, 5.74) is 7.99. The van der Waals surface area contributed by atoms with Crippen molar-refractivity contribution in [2.45, 2.75) is 6.42 Å². The number of nitrogens with zero attached hydrogens (tertiary/aromatic N) is 1. The van der Waals surface area contributed by atoms with Gasteiger partial charge in [0, 0.05) is 24.0 Å². The first kappa shape index (κ1) is 23.1. The molecule has 3 N–H and O–H groups in total. The van der Waals surface area contributed by atoms with Gasteiger partial charge in [0.1, 0.15) is 12.4 Å². The molecular weight excluding hydrogens is 361 g/mol. The number of nitrogens with two attached hydrogens (primary N) is 1. The quantitative estimate of drug-likeness (QED) is 0.717. The molecule has 2 aromatic rings. The molecule has 7 heteroatoms. The number of hydrogen-bond acceptors (Lipinski definition) is 4. The first-order chi connectivity index (χ1) is 11.0. The third kappa shape index (κ3) is 8.63. The smallest absolute Gasteiger partial charge is 0.228 e. The molecule has 0 fully saturated rings. The van der Waals surface area contributed by atoms with Crippen molar-refractivity contribution in [3.8, 4) is 5.75 Å². The van der Waals surface area contributed by atoms with Crippen LogP contribution in [0.15, 0.2) is 48.5 Å². The topological polar surface area (TPSA) is 67.6 Å². The zero-order valence-electron chi connectivity index (χ0n) is 14.4. The maximum Gasteiger partial charge on any atom is 0.228 e. The standard InChI is InChI=1S/C18H23N3O2.2ClH/c1-21(2)10-11-23-17-5-3-4-16(13-17)20-18(22)12-14-6-8-15(19)9-7-14;;/h3-9,13H,10-12,19H2,1-2H3,(H,20,22);2*1H. The summed E-state index contributed by atoms with van der Waals surface area (Å²) in [6.07, 6.45) is 0.312. The lowest BCUT2D eigenvalue weighted by Gasteiger charge is -2.12. The Balaban J connectivity index is 0.00000288. The summed E-state index contributed by atoms with van der Waals surface area (Å²) in [7, 11) is 3.99. The van der Waals surface area contributed by atoms with Crippen LogP contribution < -0.4 is 15.8 Å².